The van der Waals surface area contributed by atoms with Gasteiger partial charge < -0.3 is 15.1 Å². The van der Waals surface area contributed by atoms with Crippen molar-refractivity contribution in [3.05, 3.63) is 54.1 Å². The minimum absolute atomic E-state index is 0.212. The molecule has 1 fully saturated rings. The van der Waals surface area contributed by atoms with Gasteiger partial charge in [-0.1, -0.05) is 12.1 Å². The van der Waals surface area contributed by atoms with Crippen LogP contribution in [0.2, 0.25) is 0 Å². The zero-order valence-corrected chi connectivity index (χ0v) is 17.3. The second-order valence-electron chi connectivity index (χ2n) is 7.10. The summed E-state index contributed by atoms with van der Waals surface area (Å²) in [6, 6.07) is 8.45. The number of hydrogen-bond donors (Lipinski definition) is 1. The van der Waals surface area contributed by atoms with Crippen molar-refractivity contribution >= 4 is 11.9 Å². The third-order valence-corrected chi connectivity index (χ3v) is 4.91. The predicted octanol–water partition coefficient (Wildman–Crippen LogP) is 1.84. The van der Waals surface area contributed by atoms with E-state index in [0.29, 0.717) is 6.54 Å². The summed E-state index contributed by atoms with van der Waals surface area (Å²) < 4.78 is 13.1. The molecule has 8 heteroatoms. The van der Waals surface area contributed by atoms with E-state index < -0.39 is 0 Å². The molecule has 7 nitrogen and oxygen atoms in total. The van der Waals surface area contributed by atoms with Crippen LogP contribution >= 0.6 is 0 Å². The summed E-state index contributed by atoms with van der Waals surface area (Å²) >= 11 is 0. The summed E-state index contributed by atoms with van der Waals surface area (Å²) in [4.78, 5) is 20.2. The van der Waals surface area contributed by atoms with Gasteiger partial charge >= 0.3 is 0 Å². The lowest BCUT2D eigenvalue weighted by molar-refractivity contribution is 0.263. The number of anilines is 1. The summed E-state index contributed by atoms with van der Waals surface area (Å²) in [5, 5.41) is 3.34. The quantitative estimate of drug-likeness (QED) is 0.566. The molecule has 1 aliphatic rings. The molecule has 0 spiro atoms. The third-order valence-electron chi connectivity index (χ3n) is 4.91. The highest BCUT2D eigenvalue weighted by molar-refractivity contribution is 5.79. The zero-order valence-electron chi connectivity index (χ0n) is 17.3. The highest BCUT2D eigenvalue weighted by Gasteiger charge is 2.18. The van der Waals surface area contributed by atoms with Gasteiger partial charge in [0.2, 0.25) is 5.95 Å². The molecule has 1 aliphatic heterocycles. The van der Waals surface area contributed by atoms with Crippen molar-refractivity contribution in [1.82, 2.24) is 25.1 Å². The van der Waals surface area contributed by atoms with Crippen molar-refractivity contribution in [2.75, 3.05) is 57.8 Å². The Morgan fingerprint density at radius 2 is 1.83 bits per heavy atom. The first kappa shape index (κ1) is 21.0. The number of rotatable bonds is 7. The average Bonchev–Trinajstić information content (AvgIpc) is 2.76. The van der Waals surface area contributed by atoms with Gasteiger partial charge in [0.1, 0.15) is 5.82 Å². The van der Waals surface area contributed by atoms with E-state index in [-0.39, 0.29) is 5.82 Å². The van der Waals surface area contributed by atoms with E-state index in [1.54, 1.807) is 12.4 Å². The van der Waals surface area contributed by atoms with Crippen LogP contribution in [0.25, 0.3) is 0 Å². The fraction of sp³-hybridized carbons (Fsp3) is 0.476. The summed E-state index contributed by atoms with van der Waals surface area (Å²) in [5.74, 6) is 1.46. The Hall–Kier alpha value is -2.74. The van der Waals surface area contributed by atoms with E-state index in [2.05, 4.69) is 36.9 Å². The standard InChI is InChI=1S/C21H30FN7/c1-3-23-20(27(2)17-18-5-7-19(22)8-6-18)26-11-12-28-13-15-29(16-14-28)21-24-9-4-10-25-21/h4-10H,3,11-17H2,1-2H3,(H,23,26). The van der Waals surface area contributed by atoms with Crippen molar-refractivity contribution in [3.8, 4) is 0 Å². The molecule has 0 aliphatic carbocycles. The second kappa shape index (κ2) is 10.7. The van der Waals surface area contributed by atoms with Crippen LogP contribution in [0.5, 0.6) is 0 Å². The summed E-state index contributed by atoms with van der Waals surface area (Å²) in [7, 11) is 2.00. The molecule has 2 heterocycles. The number of halogens is 1. The molecule has 2 aromatic rings. The second-order valence-corrected chi connectivity index (χ2v) is 7.10. The van der Waals surface area contributed by atoms with Crippen molar-refractivity contribution in [2.45, 2.75) is 13.5 Å². The monoisotopic (exact) mass is 399 g/mol. The Kier molecular flexibility index (Phi) is 7.75. The maximum atomic E-state index is 13.1. The van der Waals surface area contributed by atoms with Crippen LogP contribution in [0, 0.1) is 5.82 Å². The SMILES string of the molecule is CCNC(=NCCN1CCN(c2ncccn2)CC1)N(C)Cc1ccc(F)cc1. The molecular weight excluding hydrogens is 369 g/mol. The molecule has 29 heavy (non-hydrogen) atoms. The van der Waals surface area contributed by atoms with E-state index >= 15 is 0 Å². The lowest BCUT2D eigenvalue weighted by Crippen LogP contribution is -2.47. The Labute approximate surface area is 172 Å². The molecule has 156 valence electrons. The minimum Gasteiger partial charge on any atom is -0.357 e. The number of guanidine groups is 1. The van der Waals surface area contributed by atoms with Crippen LogP contribution in [0.3, 0.4) is 0 Å². The van der Waals surface area contributed by atoms with E-state index in [0.717, 1.165) is 63.3 Å². The Bertz CT molecular complexity index is 758. The van der Waals surface area contributed by atoms with Crippen molar-refractivity contribution < 1.29 is 4.39 Å². The van der Waals surface area contributed by atoms with Crippen molar-refractivity contribution in [2.24, 2.45) is 4.99 Å². The molecule has 0 bridgehead atoms. The van der Waals surface area contributed by atoms with Crippen LogP contribution in [0.1, 0.15) is 12.5 Å². The van der Waals surface area contributed by atoms with Gasteiger partial charge in [0.25, 0.3) is 0 Å². The van der Waals surface area contributed by atoms with Gasteiger partial charge in [-0.15, -0.1) is 0 Å². The Morgan fingerprint density at radius 1 is 1.14 bits per heavy atom. The van der Waals surface area contributed by atoms with Gasteiger partial charge in [0.15, 0.2) is 5.96 Å². The number of hydrogen-bond acceptors (Lipinski definition) is 5. The van der Waals surface area contributed by atoms with Crippen LogP contribution in [-0.2, 0) is 6.54 Å². The largest absolute Gasteiger partial charge is 0.357 e. The third kappa shape index (κ3) is 6.39. The maximum absolute atomic E-state index is 13.1. The van der Waals surface area contributed by atoms with Gasteiger partial charge in [-0.25, -0.2) is 14.4 Å². The first-order valence-electron chi connectivity index (χ1n) is 10.1. The molecule has 1 aromatic carbocycles. The highest BCUT2D eigenvalue weighted by atomic mass is 19.1. The van der Waals surface area contributed by atoms with Gasteiger partial charge in [0, 0.05) is 65.3 Å². The van der Waals surface area contributed by atoms with Gasteiger partial charge in [-0.05, 0) is 30.7 Å². The van der Waals surface area contributed by atoms with Crippen molar-refractivity contribution in [3.63, 3.8) is 0 Å². The van der Waals surface area contributed by atoms with Crippen LogP contribution in [0.4, 0.5) is 10.3 Å². The van der Waals surface area contributed by atoms with Crippen LogP contribution in [0.15, 0.2) is 47.7 Å². The molecule has 0 unspecified atom stereocenters. The summed E-state index contributed by atoms with van der Waals surface area (Å²) in [6.07, 6.45) is 3.57. The summed E-state index contributed by atoms with van der Waals surface area (Å²) in [5.41, 5.74) is 1.05. The number of piperazine rings is 1. The first-order chi connectivity index (χ1) is 14.2. The average molecular weight is 400 g/mol. The number of aromatic nitrogens is 2. The zero-order chi connectivity index (χ0) is 20.5. The highest BCUT2D eigenvalue weighted by Crippen LogP contribution is 2.09. The van der Waals surface area contributed by atoms with E-state index in [1.807, 2.05) is 25.2 Å². The van der Waals surface area contributed by atoms with E-state index in [4.69, 9.17) is 4.99 Å². The number of benzene rings is 1. The number of nitrogens with zero attached hydrogens (tertiary/aromatic N) is 6. The van der Waals surface area contributed by atoms with Crippen LogP contribution in [-0.4, -0.2) is 78.6 Å². The summed E-state index contributed by atoms with van der Waals surface area (Å²) in [6.45, 7) is 9.03. The molecule has 0 radical (unpaired) electrons. The Balaban J connectivity index is 1.47. The number of aliphatic imine (C=N–C) groups is 1. The van der Waals surface area contributed by atoms with Gasteiger partial charge in [-0.2, -0.15) is 0 Å². The molecule has 1 N–H and O–H groups in total. The molecule has 1 aromatic heterocycles. The smallest absolute Gasteiger partial charge is 0.225 e. The predicted molar refractivity (Wildman–Crippen MR) is 115 cm³/mol. The fourth-order valence-corrected chi connectivity index (χ4v) is 3.33. The Morgan fingerprint density at radius 3 is 2.48 bits per heavy atom. The van der Waals surface area contributed by atoms with E-state index in [9.17, 15) is 4.39 Å². The van der Waals surface area contributed by atoms with Gasteiger partial charge in [-0.3, -0.25) is 9.89 Å². The lowest BCUT2D eigenvalue weighted by atomic mass is 10.2. The first-order valence-corrected chi connectivity index (χ1v) is 10.1. The lowest BCUT2D eigenvalue weighted by Gasteiger charge is -2.34. The minimum atomic E-state index is -0.212. The molecule has 0 atom stereocenters. The molecular formula is C21H30FN7. The fourth-order valence-electron chi connectivity index (χ4n) is 3.33. The molecule has 1 saturated heterocycles. The van der Waals surface area contributed by atoms with Crippen molar-refractivity contribution in [1.29, 1.82) is 0 Å². The molecule has 3 rings (SSSR count). The number of nitrogens with one attached hydrogen (secondary N) is 1. The van der Waals surface area contributed by atoms with Gasteiger partial charge in [0.05, 0.1) is 6.54 Å². The van der Waals surface area contributed by atoms with E-state index in [1.165, 1.54) is 12.1 Å². The maximum Gasteiger partial charge on any atom is 0.225 e. The molecule has 0 saturated carbocycles. The normalized spacial score (nSPS) is 15.4. The van der Waals surface area contributed by atoms with Crippen LogP contribution < -0.4 is 10.2 Å². The molecule has 0 amide bonds. The topological polar surface area (TPSA) is 59.9 Å².